The summed E-state index contributed by atoms with van der Waals surface area (Å²) < 4.78 is 3.68. The van der Waals surface area contributed by atoms with Crippen LogP contribution >= 0.6 is 0 Å². The monoisotopic (exact) mass is 397 g/mol. The summed E-state index contributed by atoms with van der Waals surface area (Å²) in [6.07, 6.45) is 6.90. The Kier molecular flexibility index (Phi) is 4.88. The van der Waals surface area contributed by atoms with Gasteiger partial charge in [0.1, 0.15) is 11.2 Å². The first-order chi connectivity index (χ1) is 13.8. The van der Waals surface area contributed by atoms with Crippen molar-refractivity contribution in [3.05, 3.63) is 22.6 Å². The Balaban J connectivity index is 1.87. The molecule has 0 aliphatic heterocycles. The van der Waals surface area contributed by atoms with Gasteiger partial charge in [-0.25, -0.2) is 0 Å². The number of hydrogen-bond donors (Lipinski definition) is 2. The molecule has 0 amide bonds. The molecule has 0 radical (unpaired) electrons. The molecule has 0 aromatic carbocycles. The van der Waals surface area contributed by atoms with Gasteiger partial charge in [-0.2, -0.15) is 10.2 Å². The second kappa shape index (κ2) is 7.24. The van der Waals surface area contributed by atoms with E-state index in [1.54, 1.807) is 4.57 Å². The van der Waals surface area contributed by atoms with Crippen molar-refractivity contribution in [2.24, 2.45) is 13.0 Å². The van der Waals surface area contributed by atoms with E-state index in [9.17, 15) is 4.79 Å². The maximum atomic E-state index is 13.1. The molecule has 156 valence electrons. The molecule has 1 fully saturated rings. The molecular weight excluding hydrogens is 366 g/mol. The number of nitrogens with one attached hydrogen (secondary N) is 1. The van der Waals surface area contributed by atoms with Crippen molar-refractivity contribution in [2.75, 3.05) is 17.7 Å². The van der Waals surface area contributed by atoms with E-state index in [0.29, 0.717) is 22.9 Å². The lowest BCUT2D eigenvalue weighted by Crippen LogP contribution is -2.30. The van der Waals surface area contributed by atoms with Gasteiger partial charge in [0.25, 0.3) is 5.56 Å². The number of aromatic nitrogens is 5. The number of pyridine rings is 1. The van der Waals surface area contributed by atoms with Gasteiger partial charge in [-0.3, -0.25) is 14.6 Å². The number of nitrogen functional groups attached to an aromatic ring is 1. The molecule has 0 unspecified atom stereocenters. The highest BCUT2D eigenvalue weighted by atomic mass is 16.1. The number of H-pyrrole nitrogens is 1. The molecule has 1 aliphatic rings. The van der Waals surface area contributed by atoms with Crippen LogP contribution in [0, 0.1) is 5.92 Å². The van der Waals surface area contributed by atoms with Crippen molar-refractivity contribution in [1.29, 1.82) is 0 Å². The number of anilines is 2. The standard InChI is InChI=1S/C21H31N7O/c1-12(2)13(3)28-11-15(19-18(21(28)29)20(22)24-23-19)16-10-17(27(5)25-16)26(4)14-8-6-7-9-14/h10-14H,6-9H2,1-5H3,(H3,22,23,24)/t13-/m0/s1. The Hall–Kier alpha value is -2.77. The first kappa shape index (κ1) is 19.5. The topological polar surface area (TPSA) is 97.8 Å². The fraction of sp³-hybridized carbons (Fsp3) is 0.571. The molecule has 0 saturated heterocycles. The van der Waals surface area contributed by atoms with E-state index in [0.717, 1.165) is 17.1 Å². The van der Waals surface area contributed by atoms with Crippen molar-refractivity contribution in [2.45, 2.75) is 58.5 Å². The number of nitrogens with two attached hydrogens (primary N) is 1. The van der Waals surface area contributed by atoms with Crippen LogP contribution in [0.2, 0.25) is 0 Å². The highest BCUT2D eigenvalue weighted by molar-refractivity contribution is 5.97. The predicted octanol–water partition coefficient (Wildman–Crippen LogP) is 3.30. The quantitative estimate of drug-likeness (QED) is 0.688. The molecule has 1 saturated carbocycles. The summed E-state index contributed by atoms with van der Waals surface area (Å²) in [7, 11) is 4.11. The molecule has 3 heterocycles. The summed E-state index contributed by atoms with van der Waals surface area (Å²) >= 11 is 0. The van der Waals surface area contributed by atoms with Crippen LogP contribution in [0.5, 0.6) is 0 Å². The van der Waals surface area contributed by atoms with Gasteiger partial charge in [0.2, 0.25) is 0 Å². The molecule has 1 aliphatic carbocycles. The average molecular weight is 398 g/mol. The van der Waals surface area contributed by atoms with Crippen LogP contribution in [0.4, 0.5) is 11.6 Å². The van der Waals surface area contributed by atoms with Crippen LogP contribution in [-0.4, -0.2) is 37.6 Å². The third-order valence-corrected chi connectivity index (χ3v) is 6.55. The smallest absolute Gasteiger partial charge is 0.264 e. The van der Waals surface area contributed by atoms with Crippen LogP contribution in [-0.2, 0) is 7.05 Å². The number of rotatable bonds is 5. The fourth-order valence-electron chi connectivity index (χ4n) is 4.37. The minimum atomic E-state index is -0.115. The predicted molar refractivity (Wildman–Crippen MR) is 117 cm³/mol. The van der Waals surface area contributed by atoms with E-state index < -0.39 is 0 Å². The Labute approximate surface area is 170 Å². The molecule has 3 N–H and O–H groups in total. The molecule has 4 rings (SSSR count). The first-order valence-electron chi connectivity index (χ1n) is 10.5. The minimum absolute atomic E-state index is 0.0318. The average Bonchev–Trinajstić information content (AvgIpc) is 3.41. The Morgan fingerprint density at radius 1 is 1.28 bits per heavy atom. The lowest BCUT2D eigenvalue weighted by molar-refractivity contribution is 0.400. The van der Waals surface area contributed by atoms with Crippen molar-refractivity contribution in [1.82, 2.24) is 24.5 Å². The summed E-state index contributed by atoms with van der Waals surface area (Å²) in [5, 5.41) is 12.3. The molecule has 3 aromatic rings. The van der Waals surface area contributed by atoms with Gasteiger partial charge in [-0.15, -0.1) is 0 Å². The largest absolute Gasteiger partial charge is 0.382 e. The zero-order valence-electron chi connectivity index (χ0n) is 17.9. The van der Waals surface area contributed by atoms with Gasteiger partial charge in [0.05, 0.1) is 11.2 Å². The number of nitrogens with zero attached hydrogens (tertiary/aromatic N) is 5. The molecular formula is C21H31N7O. The number of aryl methyl sites for hydroxylation is 1. The van der Waals surface area contributed by atoms with Gasteiger partial charge in [0.15, 0.2) is 5.82 Å². The van der Waals surface area contributed by atoms with Gasteiger partial charge in [-0.05, 0) is 25.7 Å². The molecule has 29 heavy (non-hydrogen) atoms. The van der Waals surface area contributed by atoms with Crippen LogP contribution in [0.25, 0.3) is 22.2 Å². The lowest BCUT2D eigenvalue weighted by atomic mass is 10.0. The lowest BCUT2D eigenvalue weighted by Gasteiger charge is -2.25. The Morgan fingerprint density at radius 2 is 1.97 bits per heavy atom. The number of hydrogen-bond acceptors (Lipinski definition) is 5. The number of aromatic amines is 1. The van der Waals surface area contributed by atoms with Crippen molar-refractivity contribution < 1.29 is 0 Å². The van der Waals surface area contributed by atoms with E-state index >= 15 is 0 Å². The fourth-order valence-corrected chi connectivity index (χ4v) is 4.37. The van der Waals surface area contributed by atoms with Crippen LogP contribution in [0.3, 0.4) is 0 Å². The van der Waals surface area contributed by atoms with E-state index in [1.165, 1.54) is 25.7 Å². The summed E-state index contributed by atoms with van der Waals surface area (Å²) in [6, 6.07) is 2.68. The van der Waals surface area contributed by atoms with Gasteiger partial charge < -0.3 is 15.2 Å². The van der Waals surface area contributed by atoms with Gasteiger partial charge >= 0.3 is 0 Å². The highest BCUT2D eigenvalue weighted by Gasteiger charge is 2.25. The van der Waals surface area contributed by atoms with E-state index in [1.807, 2.05) is 17.9 Å². The second-order valence-corrected chi connectivity index (χ2v) is 8.66. The van der Waals surface area contributed by atoms with E-state index in [2.05, 4.69) is 49.0 Å². The van der Waals surface area contributed by atoms with Crippen molar-refractivity contribution >= 4 is 22.5 Å². The zero-order chi connectivity index (χ0) is 20.9. The molecule has 8 heteroatoms. The van der Waals surface area contributed by atoms with Gasteiger partial charge in [-0.1, -0.05) is 26.7 Å². The maximum Gasteiger partial charge on any atom is 0.264 e. The van der Waals surface area contributed by atoms with Crippen LogP contribution in [0.15, 0.2) is 17.1 Å². The highest BCUT2D eigenvalue weighted by Crippen LogP contribution is 2.33. The molecule has 8 nitrogen and oxygen atoms in total. The third kappa shape index (κ3) is 3.20. The van der Waals surface area contributed by atoms with Crippen LogP contribution < -0.4 is 16.2 Å². The molecule has 0 bridgehead atoms. The van der Waals surface area contributed by atoms with Crippen molar-refractivity contribution in [3.8, 4) is 11.3 Å². The van der Waals surface area contributed by atoms with Crippen LogP contribution in [0.1, 0.15) is 52.5 Å². The summed E-state index contributed by atoms with van der Waals surface area (Å²) in [5.41, 5.74) is 8.23. The molecule has 1 atom stereocenters. The number of fused-ring (bicyclic) bond motifs is 1. The zero-order valence-corrected chi connectivity index (χ0v) is 17.9. The molecule has 3 aromatic heterocycles. The summed E-state index contributed by atoms with van der Waals surface area (Å²) in [4.78, 5) is 15.4. The van der Waals surface area contributed by atoms with E-state index in [-0.39, 0.29) is 17.4 Å². The Bertz CT molecular complexity index is 1080. The maximum absolute atomic E-state index is 13.1. The SMILES string of the molecule is CC(C)[C@H](C)n1cc(-c2cc(N(C)C3CCCC3)n(C)n2)c2[nH]nc(N)c2c1=O. The summed E-state index contributed by atoms with van der Waals surface area (Å²) in [5.74, 6) is 1.61. The van der Waals surface area contributed by atoms with Crippen molar-refractivity contribution in [3.63, 3.8) is 0 Å². The third-order valence-electron chi connectivity index (χ3n) is 6.55. The van der Waals surface area contributed by atoms with E-state index in [4.69, 9.17) is 10.8 Å². The molecule has 0 spiro atoms. The Morgan fingerprint density at radius 3 is 2.62 bits per heavy atom. The van der Waals surface area contributed by atoms with Gasteiger partial charge in [0, 0.05) is 44.0 Å². The summed E-state index contributed by atoms with van der Waals surface area (Å²) in [6.45, 7) is 6.26. The second-order valence-electron chi connectivity index (χ2n) is 8.66. The normalized spacial score (nSPS) is 16.2. The minimum Gasteiger partial charge on any atom is -0.382 e. The first-order valence-corrected chi connectivity index (χ1v) is 10.5.